The molecule has 0 amide bonds. The van der Waals surface area contributed by atoms with E-state index < -0.39 is 0 Å². The minimum absolute atomic E-state index is 0.641. The number of rotatable bonds is 2. The highest BCUT2D eigenvalue weighted by Crippen LogP contribution is 2.28. The first kappa shape index (κ1) is 9.06. The maximum atomic E-state index is 10.1. The number of hydrogen-bond acceptors (Lipinski definition) is 3. The molecule has 14 heavy (non-hydrogen) atoms. The fourth-order valence-electron chi connectivity index (χ4n) is 1.37. The minimum Gasteiger partial charge on any atom is -0.360 e. The maximum Gasteiger partial charge on any atom is 0.240 e. The topological polar surface area (TPSA) is 45.2 Å². The summed E-state index contributed by atoms with van der Waals surface area (Å²) in [6, 6.07) is 5.57. The highest BCUT2D eigenvalue weighted by atomic mass is 32.2. The number of isocyanates is 1. The van der Waals surface area contributed by atoms with Crippen molar-refractivity contribution in [3.8, 4) is 0 Å². The smallest absolute Gasteiger partial charge is 0.240 e. The lowest BCUT2D eigenvalue weighted by Crippen LogP contribution is -1.69. The molecule has 0 saturated carbocycles. The monoisotopic (exact) mass is 204 g/mol. The molecule has 0 atom stereocenters. The molecule has 0 aliphatic heterocycles. The molecule has 0 aliphatic carbocycles. The molecular weight excluding hydrogens is 196 g/mol. The number of hydrogen-bond donors (Lipinski definition) is 1. The third kappa shape index (κ3) is 1.45. The Morgan fingerprint density at radius 1 is 1.50 bits per heavy atom. The Morgan fingerprint density at radius 3 is 3.07 bits per heavy atom. The Morgan fingerprint density at radius 2 is 2.36 bits per heavy atom. The molecule has 0 radical (unpaired) electrons. The van der Waals surface area contributed by atoms with Crippen molar-refractivity contribution in [1.82, 2.24) is 4.98 Å². The van der Waals surface area contributed by atoms with Crippen LogP contribution >= 0.6 is 11.8 Å². The molecule has 0 fully saturated rings. The van der Waals surface area contributed by atoms with Gasteiger partial charge in [-0.2, -0.15) is 4.99 Å². The first-order valence-electron chi connectivity index (χ1n) is 4.08. The number of aromatic nitrogens is 1. The van der Waals surface area contributed by atoms with Crippen LogP contribution in [0.3, 0.4) is 0 Å². The summed E-state index contributed by atoms with van der Waals surface area (Å²) in [5, 5.41) is 1.09. The lowest BCUT2D eigenvalue weighted by Gasteiger charge is -1.94. The number of carbonyl (C=O) groups excluding carboxylic acids is 1. The quantitative estimate of drug-likeness (QED) is 0.464. The van der Waals surface area contributed by atoms with E-state index >= 15 is 0 Å². The van der Waals surface area contributed by atoms with Gasteiger partial charge in [-0.1, -0.05) is 0 Å². The highest BCUT2D eigenvalue weighted by Gasteiger charge is 2.02. The first-order chi connectivity index (χ1) is 6.85. The van der Waals surface area contributed by atoms with Crippen LogP contribution in [0.1, 0.15) is 0 Å². The molecule has 1 aromatic carbocycles. The van der Waals surface area contributed by atoms with Crippen LogP contribution in [0.4, 0.5) is 5.69 Å². The molecule has 1 N–H and O–H groups in total. The highest BCUT2D eigenvalue weighted by molar-refractivity contribution is 7.98. The van der Waals surface area contributed by atoms with Crippen molar-refractivity contribution in [3.05, 3.63) is 24.4 Å². The Labute approximate surface area is 85.2 Å². The van der Waals surface area contributed by atoms with Crippen LogP contribution in [-0.4, -0.2) is 17.3 Å². The summed E-state index contributed by atoms with van der Waals surface area (Å²) in [7, 11) is 0. The van der Waals surface area contributed by atoms with E-state index in [-0.39, 0.29) is 0 Å². The van der Waals surface area contributed by atoms with Gasteiger partial charge in [0.2, 0.25) is 6.08 Å². The molecule has 4 heteroatoms. The Kier molecular flexibility index (Phi) is 2.39. The summed E-state index contributed by atoms with van der Waals surface area (Å²) in [5.74, 6) is 0. The summed E-state index contributed by atoms with van der Waals surface area (Å²) in [5.41, 5.74) is 1.70. The van der Waals surface area contributed by atoms with Gasteiger partial charge < -0.3 is 4.98 Å². The van der Waals surface area contributed by atoms with E-state index in [1.165, 1.54) is 6.08 Å². The average molecular weight is 204 g/mol. The average Bonchev–Trinajstić information content (AvgIpc) is 2.60. The van der Waals surface area contributed by atoms with Crippen molar-refractivity contribution in [2.75, 3.05) is 6.26 Å². The fourth-order valence-corrected chi connectivity index (χ4v) is 1.94. The zero-order valence-electron chi connectivity index (χ0n) is 7.57. The maximum absolute atomic E-state index is 10.1. The molecule has 0 saturated heterocycles. The molecule has 0 aliphatic rings. The van der Waals surface area contributed by atoms with E-state index in [0.717, 1.165) is 15.8 Å². The van der Waals surface area contributed by atoms with E-state index in [9.17, 15) is 4.79 Å². The van der Waals surface area contributed by atoms with Crippen molar-refractivity contribution < 1.29 is 4.79 Å². The normalized spacial score (nSPS) is 10.1. The third-order valence-corrected chi connectivity index (χ3v) is 2.80. The number of fused-ring (bicyclic) bond motifs is 1. The minimum atomic E-state index is 0.641. The molecule has 3 nitrogen and oxygen atoms in total. The van der Waals surface area contributed by atoms with E-state index in [2.05, 4.69) is 9.98 Å². The Balaban J connectivity index is 2.66. The third-order valence-electron chi connectivity index (χ3n) is 2.02. The van der Waals surface area contributed by atoms with Crippen LogP contribution in [0.2, 0.25) is 0 Å². The van der Waals surface area contributed by atoms with Crippen molar-refractivity contribution in [2.24, 2.45) is 4.99 Å². The van der Waals surface area contributed by atoms with Crippen LogP contribution in [0.5, 0.6) is 0 Å². The summed E-state index contributed by atoms with van der Waals surface area (Å²) in [4.78, 5) is 18.0. The zero-order valence-corrected chi connectivity index (χ0v) is 8.39. The number of nitrogens with one attached hydrogen (secondary N) is 1. The van der Waals surface area contributed by atoms with E-state index in [0.29, 0.717) is 5.69 Å². The predicted octanol–water partition coefficient (Wildman–Crippen LogP) is 2.86. The van der Waals surface area contributed by atoms with Crippen molar-refractivity contribution in [2.45, 2.75) is 4.90 Å². The number of aliphatic imine (C=N–C) groups is 1. The molecule has 0 spiro atoms. The lowest BCUT2D eigenvalue weighted by atomic mass is 10.2. The Hall–Kier alpha value is -1.51. The first-order valence-corrected chi connectivity index (χ1v) is 5.30. The summed E-state index contributed by atoms with van der Waals surface area (Å²) < 4.78 is 0. The second kappa shape index (κ2) is 3.70. The van der Waals surface area contributed by atoms with Crippen molar-refractivity contribution in [1.29, 1.82) is 0 Å². The molecule has 70 valence electrons. The lowest BCUT2D eigenvalue weighted by molar-refractivity contribution is 0.565. The number of benzene rings is 1. The van der Waals surface area contributed by atoms with Crippen LogP contribution in [0, 0.1) is 0 Å². The summed E-state index contributed by atoms with van der Waals surface area (Å²) in [6.07, 6.45) is 5.50. The molecule has 0 bridgehead atoms. The van der Waals surface area contributed by atoms with Crippen molar-refractivity contribution in [3.63, 3.8) is 0 Å². The zero-order chi connectivity index (χ0) is 9.97. The van der Waals surface area contributed by atoms with Gasteiger partial charge in [-0.25, -0.2) is 4.79 Å². The van der Waals surface area contributed by atoms with Gasteiger partial charge in [0.15, 0.2) is 0 Å². The largest absolute Gasteiger partial charge is 0.360 e. The summed E-state index contributed by atoms with van der Waals surface area (Å²) in [6.45, 7) is 0. The molecular formula is C10H8N2OS. The molecule has 2 aromatic rings. The summed E-state index contributed by atoms with van der Waals surface area (Å²) >= 11 is 1.66. The second-order valence-electron chi connectivity index (χ2n) is 2.79. The van der Waals surface area contributed by atoms with Gasteiger partial charge in [0.25, 0.3) is 0 Å². The van der Waals surface area contributed by atoms with Crippen molar-refractivity contribution >= 4 is 34.4 Å². The molecule has 2 rings (SSSR count). The number of nitrogens with zero attached hydrogens (tertiary/aromatic N) is 1. The van der Waals surface area contributed by atoms with E-state index in [1.807, 2.05) is 24.6 Å². The number of aromatic amines is 1. The van der Waals surface area contributed by atoms with Crippen LogP contribution < -0.4 is 0 Å². The number of H-pyrrole nitrogens is 1. The Bertz CT molecular complexity index is 512. The second-order valence-corrected chi connectivity index (χ2v) is 3.64. The van der Waals surface area contributed by atoms with Gasteiger partial charge in [0.05, 0.1) is 5.69 Å². The van der Waals surface area contributed by atoms with Crippen LogP contribution in [-0.2, 0) is 4.79 Å². The van der Waals surface area contributed by atoms with Crippen LogP contribution in [0.15, 0.2) is 34.3 Å². The molecule has 0 unspecified atom stereocenters. The standard InChI is InChI=1S/C10H8N2OS/c1-14-10-5-11-9-3-2-7(12-6-13)4-8(9)10/h2-5,11H,1H3. The van der Waals surface area contributed by atoms with Gasteiger partial charge in [-0.3, -0.25) is 0 Å². The van der Waals surface area contributed by atoms with E-state index in [4.69, 9.17) is 0 Å². The van der Waals surface area contributed by atoms with E-state index in [1.54, 1.807) is 17.8 Å². The van der Waals surface area contributed by atoms with Gasteiger partial charge in [-0.15, -0.1) is 11.8 Å². The molecule has 1 heterocycles. The number of thioether (sulfide) groups is 1. The fraction of sp³-hybridized carbons (Fsp3) is 0.100. The van der Waals surface area contributed by atoms with Gasteiger partial charge in [0.1, 0.15) is 0 Å². The predicted molar refractivity (Wildman–Crippen MR) is 57.9 cm³/mol. The molecule has 1 aromatic heterocycles. The SMILES string of the molecule is CSc1c[nH]c2ccc(N=C=O)cc12. The van der Waals surface area contributed by atoms with Gasteiger partial charge >= 0.3 is 0 Å². The van der Waals surface area contributed by atoms with Gasteiger partial charge in [0, 0.05) is 22.0 Å². The van der Waals surface area contributed by atoms with Crippen LogP contribution in [0.25, 0.3) is 10.9 Å². The van der Waals surface area contributed by atoms with Gasteiger partial charge in [-0.05, 0) is 24.5 Å².